The van der Waals surface area contributed by atoms with Gasteiger partial charge in [-0.25, -0.2) is 9.38 Å². The number of methoxy groups -OCH3 is 1. The lowest BCUT2D eigenvalue weighted by atomic mass is 9.98. The highest BCUT2D eigenvalue weighted by Gasteiger charge is 2.12. The Morgan fingerprint density at radius 3 is 2.54 bits per heavy atom. The molecule has 1 atom stereocenters. The van der Waals surface area contributed by atoms with E-state index in [1.54, 1.807) is 11.5 Å². The normalized spacial score (nSPS) is 12.8. The summed E-state index contributed by atoms with van der Waals surface area (Å²) >= 11 is 1.38. The summed E-state index contributed by atoms with van der Waals surface area (Å²) in [7, 11) is 1.62. The van der Waals surface area contributed by atoms with Gasteiger partial charge >= 0.3 is 0 Å². The predicted molar refractivity (Wildman–Crippen MR) is 149 cm³/mol. The van der Waals surface area contributed by atoms with E-state index in [4.69, 9.17) is 14.2 Å². The maximum Gasteiger partial charge on any atom is 0.274 e. The molecule has 0 saturated heterocycles. The number of thiazole rings is 1. The minimum absolute atomic E-state index is 0.0668. The van der Waals surface area contributed by atoms with Crippen LogP contribution in [0.3, 0.4) is 0 Å². The molecule has 0 aliphatic rings. The van der Waals surface area contributed by atoms with Gasteiger partial charge < -0.3 is 14.2 Å². The van der Waals surface area contributed by atoms with Crippen LogP contribution in [-0.2, 0) is 0 Å². The topological polar surface area (TPSA) is 62.1 Å². The van der Waals surface area contributed by atoms with Crippen LogP contribution in [0.2, 0.25) is 0 Å². The van der Waals surface area contributed by atoms with Crippen molar-refractivity contribution in [3.05, 3.63) is 92.7 Å². The quantitative estimate of drug-likeness (QED) is 0.220. The number of hydrogen-bond acceptors (Lipinski definition) is 6. The summed E-state index contributed by atoms with van der Waals surface area (Å²) in [5.74, 6) is 2.69. The SMILES string of the molecule is CC[C@@H](C)c1ccccc1OCCCOc1ccc(/C=c2\sc3nc4ccccc4n3c2=O)cc1OC. The molecule has 0 saturated carbocycles. The fourth-order valence-corrected chi connectivity index (χ4v) is 5.31. The van der Waals surface area contributed by atoms with Crippen LogP contribution in [0, 0.1) is 0 Å². The van der Waals surface area contributed by atoms with Gasteiger partial charge in [-0.3, -0.25) is 4.79 Å². The number of nitrogens with zero attached hydrogens (tertiary/aromatic N) is 2. The molecule has 37 heavy (non-hydrogen) atoms. The zero-order valence-electron chi connectivity index (χ0n) is 21.3. The summed E-state index contributed by atoms with van der Waals surface area (Å²) in [6.07, 6.45) is 3.68. The predicted octanol–water partition coefficient (Wildman–Crippen LogP) is 5.83. The average molecular weight is 515 g/mol. The van der Waals surface area contributed by atoms with E-state index < -0.39 is 0 Å². The second-order valence-electron chi connectivity index (χ2n) is 8.94. The second kappa shape index (κ2) is 11.0. The van der Waals surface area contributed by atoms with Gasteiger partial charge in [-0.2, -0.15) is 0 Å². The van der Waals surface area contributed by atoms with Gasteiger partial charge in [0.1, 0.15) is 5.75 Å². The summed E-state index contributed by atoms with van der Waals surface area (Å²) < 4.78 is 19.9. The molecule has 2 aromatic heterocycles. The van der Waals surface area contributed by atoms with Crippen LogP contribution in [0.5, 0.6) is 17.2 Å². The zero-order chi connectivity index (χ0) is 25.8. The maximum atomic E-state index is 13.0. The van der Waals surface area contributed by atoms with Crippen LogP contribution < -0.4 is 24.3 Å². The molecule has 0 bridgehead atoms. The summed E-state index contributed by atoms with van der Waals surface area (Å²) in [6, 6.07) is 21.6. The Labute approximate surface area is 219 Å². The maximum absolute atomic E-state index is 13.0. The van der Waals surface area contributed by atoms with E-state index >= 15 is 0 Å². The van der Waals surface area contributed by atoms with Gasteiger partial charge in [0.25, 0.3) is 5.56 Å². The Hall–Kier alpha value is -3.84. The molecule has 0 aliphatic carbocycles. The van der Waals surface area contributed by atoms with Crippen molar-refractivity contribution in [1.82, 2.24) is 9.38 Å². The molecular formula is C30H30N2O4S. The van der Waals surface area contributed by atoms with Crippen LogP contribution in [0.1, 0.15) is 43.7 Å². The number of hydrogen-bond donors (Lipinski definition) is 0. The van der Waals surface area contributed by atoms with E-state index in [1.165, 1.54) is 16.9 Å². The van der Waals surface area contributed by atoms with Crippen molar-refractivity contribution in [2.75, 3.05) is 20.3 Å². The fourth-order valence-electron chi connectivity index (χ4n) is 4.32. The van der Waals surface area contributed by atoms with Crippen molar-refractivity contribution in [1.29, 1.82) is 0 Å². The third-order valence-electron chi connectivity index (χ3n) is 6.50. The Bertz CT molecular complexity index is 1640. The average Bonchev–Trinajstić information content (AvgIpc) is 3.44. The van der Waals surface area contributed by atoms with E-state index in [2.05, 4.69) is 31.0 Å². The molecule has 5 rings (SSSR count). The van der Waals surface area contributed by atoms with E-state index in [9.17, 15) is 4.79 Å². The molecule has 3 aromatic carbocycles. The molecule has 0 radical (unpaired) electrons. The zero-order valence-corrected chi connectivity index (χ0v) is 22.1. The molecule has 190 valence electrons. The lowest BCUT2D eigenvalue weighted by Crippen LogP contribution is -2.22. The van der Waals surface area contributed by atoms with Crippen molar-refractivity contribution in [3.8, 4) is 17.2 Å². The van der Waals surface area contributed by atoms with Gasteiger partial charge in [0, 0.05) is 6.42 Å². The first-order valence-corrected chi connectivity index (χ1v) is 13.3. The summed E-state index contributed by atoms with van der Waals surface area (Å²) in [4.78, 5) is 18.3. The van der Waals surface area contributed by atoms with Crippen molar-refractivity contribution in [3.63, 3.8) is 0 Å². The molecule has 0 aliphatic heterocycles. The number of benzene rings is 3. The number of fused-ring (bicyclic) bond motifs is 3. The van der Waals surface area contributed by atoms with Crippen molar-refractivity contribution in [2.24, 2.45) is 0 Å². The van der Waals surface area contributed by atoms with Crippen LogP contribution in [0.15, 0.2) is 71.5 Å². The molecule has 6 nitrogen and oxygen atoms in total. The monoisotopic (exact) mass is 514 g/mol. The number of para-hydroxylation sites is 3. The largest absolute Gasteiger partial charge is 0.493 e. The lowest BCUT2D eigenvalue weighted by Gasteiger charge is -2.16. The fraction of sp³-hybridized carbons (Fsp3) is 0.267. The van der Waals surface area contributed by atoms with Crippen LogP contribution in [-0.4, -0.2) is 29.7 Å². The number of rotatable bonds is 10. The minimum atomic E-state index is -0.0668. The molecule has 0 N–H and O–H groups in total. The molecule has 0 amide bonds. The van der Waals surface area contributed by atoms with E-state index in [1.807, 2.05) is 60.7 Å². The van der Waals surface area contributed by atoms with Crippen molar-refractivity contribution < 1.29 is 14.2 Å². The third-order valence-corrected chi connectivity index (χ3v) is 7.47. The van der Waals surface area contributed by atoms with Gasteiger partial charge in [-0.1, -0.05) is 61.6 Å². The van der Waals surface area contributed by atoms with Gasteiger partial charge in [0.2, 0.25) is 0 Å². The number of aromatic nitrogens is 2. The van der Waals surface area contributed by atoms with Gasteiger partial charge in [-0.05, 0) is 59.9 Å². The molecule has 0 unspecified atom stereocenters. The van der Waals surface area contributed by atoms with Crippen molar-refractivity contribution >= 4 is 33.4 Å². The highest BCUT2D eigenvalue weighted by atomic mass is 32.1. The first-order chi connectivity index (χ1) is 18.1. The Morgan fingerprint density at radius 1 is 0.973 bits per heavy atom. The molecule has 0 fully saturated rings. The Balaban J connectivity index is 1.25. The molecule has 2 heterocycles. The molecule has 7 heteroatoms. The van der Waals surface area contributed by atoms with Crippen LogP contribution in [0.25, 0.3) is 22.1 Å². The Morgan fingerprint density at radius 2 is 1.73 bits per heavy atom. The van der Waals surface area contributed by atoms with E-state index in [-0.39, 0.29) is 5.56 Å². The first-order valence-electron chi connectivity index (χ1n) is 12.5. The van der Waals surface area contributed by atoms with Crippen LogP contribution in [0.4, 0.5) is 0 Å². The number of imidazole rings is 1. The summed E-state index contributed by atoms with van der Waals surface area (Å²) in [5.41, 5.74) is 3.69. The van der Waals surface area contributed by atoms with Gasteiger partial charge in [0.05, 0.1) is 35.9 Å². The molecule has 0 spiro atoms. The van der Waals surface area contributed by atoms with Gasteiger partial charge in [-0.15, -0.1) is 0 Å². The second-order valence-corrected chi connectivity index (χ2v) is 9.95. The smallest absolute Gasteiger partial charge is 0.274 e. The molecule has 5 aromatic rings. The highest BCUT2D eigenvalue weighted by molar-refractivity contribution is 7.15. The van der Waals surface area contributed by atoms with Crippen molar-refractivity contribution in [2.45, 2.75) is 32.6 Å². The highest BCUT2D eigenvalue weighted by Crippen LogP contribution is 2.30. The number of ether oxygens (including phenoxy) is 3. The summed E-state index contributed by atoms with van der Waals surface area (Å²) in [6.45, 7) is 5.48. The Kier molecular flexibility index (Phi) is 7.42. The molecular weight excluding hydrogens is 484 g/mol. The third kappa shape index (κ3) is 5.18. The first kappa shape index (κ1) is 24.8. The standard InChI is InChI=1S/C30H30N2O4S/c1-4-20(2)22-10-5-8-13-25(22)35-16-9-17-36-26-15-14-21(18-27(26)34-3)19-28-29(33)32-24-12-7-6-11-23(24)31-30(32)37-28/h5-8,10-15,18-20H,4,9,16-17H2,1-3H3/b28-19-/t20-/m1/s1. The van der Waals surface area contributed by atoms with Crippen LogP contribution >= 0.6 is 11.3 Å². The van der Waals surface area contributed by atoms with E-state index in [0.29, 0.717) is 40.1 Å². The minimum Gasteiger partial charge on any atom is -0.493 e. The van der Waals surface area contributed by atoms with E-state index in [0.717, 1.165) is 35.2 Å². The summed E-state index contributed by atoms with van der Waals surface area (Å²) in [5, 5.41) is 0. The lowest BCUT2D eigenvalue weighted by molar-refractivity contribution is 0.239. The van der Waals surface area contributed by atoms with Gasteiger partial charge in [0.15, 0.2) is 16.5 Å².